The van der Waals surface area contributed by atoms with Crippen LogP contribution in [0.2, 0.25) is 0 Å². The highest BCUT2D eigenvalue weighted by molar-refractivity contribution is 5.66. The monoisotopic (exact) mass is 216 g/mol. The minimum atomic E-state index is -0.322. The molecule has 0 bridgehead atoms. The molecule has 0 aromatic heterocycles. The van der Waals surface area contributed by atoms with Gasteiger partial charge >= 0.3 is 5.97 Å². The highest BCUT2D eigenvalue weighted by Gasteiger charge is 2.14. The van der Waals surface area contributed by atoms with Gasteiger partial charge in [-0.15, -0.1) is 0 Å². The van der Waals surface area contributed by atoms with Crippen LogP contribution >= 0.6 is 0 Å². The highest BCUT2D eigenvalue weighted by Crippen LogP contribution is 2.13. The second kappa shape index (κ2) is 5.91. The minimum Gasteiger partial charge on any atom is -0.457 e. The van der Waals surface area contributed by atoms with Gasteiger partial charge in [0.15, 0.2) is 0 Å². The molecule has 0 saturated carbocycles. The molecule has 0 aliphatic carbocycles. The summed E-state index contributed by atoms with van der Waals surface area (Å²) in [6.45, 7) is 8.86. The van der Waals surface area contributed by atoms with Crippen LogP contribution < -0.4 is 0 Å². The van der Waals surface area contributed by atoms with Crippen molar-refractivity contribution in [3.05, 3.63) is 60.7 Å². The Morgan fingerprint density at radius 1 is 1.44 bits per heavy atom. The van der Waals surface area contributed by atoms with Gasteiger partial charge < -0.3 is 4.74 Å². The van der Waals surface area contributed by atoms with Crippen molar-refractivity contribution in [3.63, 3.8) is 0 Å². The molecule has 1 rings (SSSR count). The van der Waals surface area contributed by atoms with Crippen LogP contribution in [0.4, 0.5) is 0 Å². The second-order valence-corrected chi connectivity index (χ2v) is 3.57. The van der Waals surface area contributed by atoms with E-state index < -0.39 is 0 Å². The average molecular weight is 216 g/mol. The molecule has 84 valence electrons. The van der Waals surface area contributed by atoms with Gasteiger partial charge in [0.2, 0.25) is 0 Å². The van der Waals surface area contributed by atoms with Crippen LogP contribution in [0.3, 0.4) is 0 Å². The fourth-order valence-corrected chi connectivity index (χ4v) is 1.41. The molecular weight excluding hydrogens is 200 g/mol. The molecule has 1 aromatic carbocycles. The molecule has 2 nitrogen and oxygen atoms in total. The van der Waals surface area contributed by atoms with Crippen LogP contribution in [-0.4, -0.2) is 12.1 Å². The molecule has 1 unspecified atom stereocenters. The van der Waals surface area contributed by atoms with Gasteiger partial charge in [0.25, 0.3) is 0 Å². The van der Waals surface area contributed by atoms with E-state index in [1.54, 1.807) is 6.08 Å². The summed E-state index contributed by atoms with van der Waals surface area (Å²) in [5, 5.41) is 0. The molecule has 0 heterocycles. The van der Waals surface area contributed by atoms with Gasteiger partial charge in [0.05, 0.1) is 0 Å². The van der Waals surface area contributed by atoms with Gasteiger partial charge in [-0.05, 0) is 11.1 Å². The Morgan fingerprint density at radius 3 is 2.56 bits per heavy atom. The maximum absolute atomic E-state index is 11.0. The van der Waals surface area contributed by atoms with Crippen LogP contribution in [0.15, 0.2) is 55.1 Å². The number of hydrogen-bond donors (Lipinski definition) is 0. The molecule has 0 radical (unpaired) electrons. The zero-order valence-electron chi connectivity index (χ0n) is 9.48. The van der Waals surface area contributed by atoms with Crippen LogP contribution in [-0.2, 0) is 16.0 Å². The largest absolute Gasteiger partial charge is 0.457 e. The quantitative estimate of drug-likeness (QED) is 0.559. The van der Waals surface area contributed by atoms with E-state index in [-0.39, 0.29) is 12.1 Å². The topological polar surface area (TPSA) is 26.3 Å². The standard InChI is InChI=1S/C14H16O2/c1-4-11(2)14(16-12(3)15)10-13-8-6-5-7-9-13/h4-9,14H,1-2,10H2,3H3. The lowest BCUT2D eigenvalue weighted by molar-refractivity contribution is -0.144. The first-order chi connectivity index (χ1) is 7.63. The molecule has 1 atom stereocenters. The van der Waals surface area contributed by atoms with Crippen molar-refractivity contribution in [1.29, 1.82) is 0 Å². The molecule has 0 aliphatic rings. The highest BCUT2D eigenvalue weighted by atomic mass is 16.5. The van der Waals surface area contributed by atoms with E-state index in [0.717, 1.165) is 11.1 Å². The summed E-state index contributed by atoms with van der Waals surface area (Å²) in [6, 6.07) is 9.85. The summed E-state index contributed by atoms with van der Waals surface area (Å²) in [4.78, 5) is 11.0. The molecule has 0 aliphatic heterocycles. The molecule has 2 heteroatoms. The van der Waals surface area contributed by atoms with Crippen molar-refractivity contribution in [2.24, 2.45) is 0 Å². The molecule has 16 heavy (non-hydrogen) atoms. The van der Waals surface area contributed by atoms with Crippen molar-refractivity contribution in [3.8, 4) is 0 Å². The Kier molecular flexibility index (Phi) is 4.52. The van der Waals surface area contributed by atoms with Crippen molar-refractivity contribution in [2.75, 3.05) is 0 Å². The van der Waals surface area contributed by atoms with E-state index in [1.165, 1.54) is 6.92 Å². The summed E-state index contributed by atoms with van der Waals surface area (Å²) < 4.78 is 5.20. The smallest absolute Gasteiger partial charge is 0.303 e. The lowest BCUT2D eigenvalue weighted by Gasteiger charge is -2.17. The first-order valence-corrected chi connectivity index (χ1v) is 5.16. The summed E-state index contributed by atoms with van der Waals surface area (Å²) in [7, 11) is 0. The van der Waals surface area contributed by atoms with E-state index >= 15 is 0 Å². The minimum absolute atomic E-state index is 0.302. The van der Waals surface area contributed by atoms with Gasteiger partial charge in [0.1, 0.15) is 6.10 Å². The SMILES string of the molecule is C=CC(=C)C(Cc1ccccc1)OC(C)=O. The lowest BCUT2D eigenvalue weighted by atomic mass is 10.0. The van der Waals surface area contributed by atoms with Crippen molar-refractivity contribution in [1.82, 2.24) is 0 Å². The number of ether oxygens (including phenoxy) is 1. The Bertz CT molecular complexity index is 379. The summed E-state index contributed by atoms with van der Waals surface area (Å²) >= 11 is 0. The Morgan fingerprint density at radius 2 is 2.06 bits per heavy atom. The Balaban J connectivity index is 2.74. The fourth-order valence-electron chi connectivity index (χ4n) is 1.41. The summed E-state index contributed by atoms with van der Waals surface area (Å²) in [5.74, 6) is -0.302. The zero-order chi connectivity index (χ0) is 12.0. The number of carbonyl (C=O) groups is 1. The van der Waals surface area contributed by atoms with Crippen LogP contribution in [0.1, 0.15) is 12.5 Å². The van der Waals surface area contributed by atoms with Gasteiger partial charge in [-0.1, -0.05) is 49.6 Å². The third-order valence-electron chi connectivity index (χ3n) is 2.25. The van der Waals surface area contributed by atoms with E-state index in [9.17, 15) is 4.79 Å². The number of rotatable bonds is 5. The van der Waals surface area contributed by atoms with E-state index in [1.807, 2.05) is 30.3 Å². The number of carbonyl (C=O) groups excluding carboxylic acids is 1. The number of esters is 1. The van der Waals surface area contributed by atoms with Gasteiger partial charge in [-0.2, -0.15) is 0 Å². The van der Waals surface area contributed by atoms with Gasteiger partial charge in [-0.25, -0.2) is 0 Å². The van der Waals surface area contributed by atoms with Crippen LogP contribution in [0, 0.1) is 0 Å². The number of benzene rings is 1. The third-order valence-corrected chi connectivity index (χ3v) is 2.25. The van der Waals surface area contributed by atoms with Crippen molar-refractivity contribution >= 4 is 5.97 Å². The number of hydrogen-bond acceptors (Lipinski definition) is 2. The van der Waals surface area contributed by atoms with Crippen LogP contribution in [0.25, 0.3) is 0 Å². The van der Waals surface area contributed by atoms with Crippen LogP contribution in [0.5, 0.6) is 0 Å². The molecular formula is C14H16O2. The van der Waals surface area contributed by atoms with E-state index in [0.29, 0.717) is 6.42 Å². The first-order valence-electron chi connectivity index (χ1n) is 5.16. The average Bonchev–Trinajstić information content (AvgIpc) is 2.28. The van der Waals surface area contributed by atoms with Crippen molar-refractivity contribution < 1.29 is 9.53 Å². The molecule has 0 saturated heterocycles. The molecule has 0 spiro atoms. The van der Waals surface area contributed by atoms with E-state index in [2.05, 4.69) is 13.2 Å². The maximum Gasteiger partial charge on any atom is 0.303 e. The van der Waals surface area contributed by atoms with Gasteiger partial charge in [-0.3, -0.25) is 4.79 Å². The molecule has 0 N–H and O–H groups in total. The molecule has 1 aromatic rings. The van der Waals surface area contributed by atoms with Gasteiger partial charge in [0, 0.05) is 13.3 Å². The maximum atomic E-state index is 11.0. The van der Waals surface area contributed by atoms with Crippen molar-refractivity contribution in [2.45, 2.75) is 19.4 Å². The summed E-state index contributed by atoms with van der Waals surface area (Å²) in [5.41, 5.74) is 1.83. The lowest BCUT2D eigenvalue weighted by Crippen LogP contribution is -2.20. The Labute approximate surface area is 96.2 Å². The second-order valence-electron chi connectivity index (χ2n) is 3.57. The molecule has 0 fully saturated rings. The predicted octanol–water partition coefficient (Wildman–Crippen LogP) is 2.90. The zero-order valence-corrected chi connectivity index (χ0v) is 9.48. The third kappa shape index (κ3) is 3.73. The normalized spacial score (nSPS) is 11.6. The molecule has 0 amide bonds. The first kappa shape index (κ1) is 12.2. The van der Waals surface area contributed by atoms with E-state index in [4.69, 9.17) is 4.74 Å². The fraction of sp³-hybridized carbons (Fsp3) is 0.214. The summed E-state index contributed by atoms with van der Waals surface area (Å²) in [6.07, 6.45) is 1.93. The predicted molar refractivity (Wildman–Crippen MR) is 65.0 cm³/mol. The Hall–Kier alpha value is -1.83.